The van der Waals surface area contributed by atoms with Crippen LogP contribution in [0.3, 0.4) is 0 Å². The first-order valence-electron chi connectivity index (χ1n) is 9.27. The van der Waals surface area contributed by atoms with Gasteiger partial charge in [0, 0.05) is 0 Å². The van der Waals surface area contributed by atoms with Crippen molar-refractivity contribution in [2.45, 2.75) is 58.0 Å². The predicted molar refractivity (Wildman–Crippen MR) is 107 cm³/mol. The highest BCUT2D eigenvalue weighted by Gasteiger charge is 2.30. The monoisotopic (exact) mass is 370 g/mol. The Morgan fingerprint density at radius 3 is 2.07 bits per heavy atom. The van der Waals surface area contributed by atoms with Crippen LogP contribution in [-0.4, -0.2) is 34.0 Å². The zero-order valence-electron chi connectivity index (χ0n) is 16.3. The van der Waals surface area contributed by atoms with Crippen molar-refractivity contribution in [1.29, 1.82) is 0 Å². The number of hydrogen-bond acceptors (Lipinski definition) is 4. The molecular formula is C22H30N2O3. The van der Waals surface area contributed by atoms with Crippen LogP contribution in [0, 0.1) is 0 Å². The molecule has 0 saturated carbocycles. The van der Waals surface area contributed by atoms with E-state index in [1.807, 2.05) is 81.4 Å². The smallest absolute Gasteiger partial charge is 0.411 e. The van der Waals surface area contributed by atoms with Crippen LogP contribution in [0.25, 0.3) is 0 Å². The van der Waals surface area contributed by atoms with Crippen LogP contribution < -0.4 is 5.73 Å². The van der Waals surface area contributed by atoms with Gasteiger partial charge in [-0.25, -0.2) is 4.79 Å². The Hall–Kier alpha value is -2.37. The second-order valence-corrected chi connectivity index (χ2v) is 7.68. The highest BCUT2D eigenvalue weighted by atomic mass is 16.6. The van der Waals surface area contributed by atoms with E-state index >= 15 is 0 Å². The summed E-state index contributed by atoms with van der Waals surface area (Å²) in [6, 6.07) is 19.4. The molecule has 0 aliphatic rings. The van der Waals surface area contributed by atoms with Gasteiger partial charge >= 0.3 is 6.09 Å². The lowest BCUT2D eigenvalue weighted by Gasteiger charge is -2.34. The minimum absolute atomic E-state index is 0.277. The van der Waals surface area contributed by atoms with Gasteiger partial charge in [-0.1, -0.05) is 60.7 Å². The maximum absolute atomic E-state index is 12.7. The molecule has 5 nitrogen and oxygen atoms in total. The van der Waals surface area contributed by atoms with E-state index in [0.717, 1.165) is 11.1 Å². The Balaban J connectivity index is 2.08. The van der Waals surface area contributed by atoms with Gasteiger partial charge < -0.3 is 15.6 Å². The summed E-state index contributed by atoms with van der Waals surface area (Å²) >= 11 is 0. The third-order valence-corrected chi connectivity index (χ3v) is 4.15. The zero-order chi connectivity index (χ0) is 19.9. The number of rotatable bonds is 7. The molecule has 0 heterocycles. The molecule has 0 fully saturated rings. The van der Waals surface area contributed by atoms with Gasteiger partial charge in [-0.05, 0) is 44.7 Å². The third-order valence-electron chi connectivity index (χ3n) is 4.15. The van der Waals surface area contributed by atoms with Crippen molar-refractivity contribution < 1.29 is 14.6 Å². The van der Waals surface area contributed by atoms with E-state index in [4.69, 9.17) is 10.5 Å². The summed E-state index contributed by atoms with van der Waals surface area (Å²) in [7, 11) is 0. The van der Waals surface area contributed by atoms with Crippen molar-refractivity contribution in [3.8, 4) is 0 Å². The van der Waals surface area contributed by atoms with Gasteiger partial charge in [0.25, 0.3) is 0 Å². The summed E-state index contributed by atoms with van der Waals surface area (Å²) in [5.74, 6) is 0. The molecular weight excluding hydrogens is 340 g/mol. The Labute approximate surface area is 161 Å². The van der Waals surface area contributed by atoms with E-state index in [-0.39, 0.29) is 6.54 Å². The maximum Gasteiger partial charge on any atom is 0.411 e. The van der Waals surface area contributed by atoms with Crippen molar-refractivity contribution in [2.75, 3.05) is 0 Å². The molecule has 27 heavy (non-hydrogen) atoms. The Morgan fingerprint density at radius 1 is 1.04 bits per heavy atom. The molecule has 1 amide bonds. The van der Waals surface area contributed by atoms with Crippen LogP contribution in [0.1, 0.15) is 38.3 Å². The van der Waals surface area contributed by atoms with Crippen LogP contribution in [0.4, 0.5) is 4.79 Å². The van der Waals surface area contributed by atoms with Gasteiger partial charge in [0.1, 0.15) is 11.8 Å². The number of carbonyl (C=O) groups is 1. The van der Waals surface area contributed by atoms with E-state index in [9.17, 15) is 9.90 Å². The fourth-order valence-corrected chi connectivity index (χ4v) is 2.73. The van der Waals surface area contributed by atoms with Gasteiger partial charge in [0.15, 0.2) is 0 Å². The fraction of sp³-hybridized carbons (Fsp3) is 0.409. The molecule has 3 N–H and O–H groups in total. The number of nitrogens with zero attached hydrogens (tertiary/aromatic N) is 1. The van der Waals surface area contributed by atoms with Crippen molar-refractivity contribution in [2.24, 2.45) is 5.73 Å². The SMILES string of the molecule is CC(C)(C)OC(=O)N(Cc1ccccc1)C(N)[C@H](O)CCc1ccccc1. The van der Waals surface area contributed by atoms with E-state index in [0.29, 0.717) is 12.8 Å². The van der Waals surface area contributed by atoms with Crippen LogP contribution in [0.15, 0.2) is 60.7 Å². The number of aliphatic hydroxyl groups is 1. The standard InChI is InChI=1S/C22H30N2O3/c1-22(2,3)27-21(26)24(16-18-12-8-5-9-13-18)20(23)19(25)15-14-17-10-6-4-7-11-17/h4-13,19-20,25H,14-16,23H2,1-3H3/t19-,20?/m1/s1. The maximum atomic E-state index is 12.7. The molecule has 1 unspecified atom stereocenters. The highest BCUT2D eigenvalue weighted by Crippen LogP contribution is 2.17. The third kappa shape index (κ3) is 7.04. The summed E-state index contributed by atoms with van der Waals surface area (Å²) < 4.78 is 5.50. The highest BCUT2D eigenvalue weighted by molar-refractivity contribution is 5.68. The molecule has 0 aliphatic heterocycles. The summed E-state index contributed by atoms with van der Waals surface area (Å²) in [6.45, 7) is 5.70. The average molecular weight is 370 g/mol. The first kappa shape index (κ1) is 20.9. The lowest BCUT2D eigenvalue weighted by Crippen LogP contribution is -2.53. The van der Waals surface area contributed by atoms with Gasteiger partial charge in [0.2, 0.25) is 0 Å². The normalized spacial score (nSPS) is 13.7. The van der Waals surface area contributed by atoms with Crippen LogP contribution in [-0.2, 0) is 17.7 Å². The molecule has 2 atom stereocenters. The lowest BCUT2D eigenvalue weighted by atomic mass is 10.0. The molecule has 5 heteroatoms. The molecule has 2 aromatic rings. The summed E-state index contributed by atoms with van der Waals surface area (Å²) in [5, 5.41) is 10.6. The number of nitrogens with two attached hydrogens (primary N) is 1. The quantitative estimate of drug-likeness (QED) is 0.729. The van der Waals surface area contributed by atoms with Crippen molar-refractivity contribution in [3.05, 3.63) is 71.8 Å². The van der Waals surface area contributed by atoms with Crippen LogP contribution >= 0.6 is 0 Å². The zero-order valence-corrected chi connectivity index (χ0v) is 16.3. The number of benzene rings is 2. The molecule has 146 valence electrons. The molecule has 0 aromatic heterocycles. The lowest BCUT2D eigenvalue weighted by molar-refractivity contribution is -0.00888. The van der Waals surface area contributed by atoms with Gasteiger partial charge in [-0.15, -0.1) is 0 Å². The number of ether oxygens (including phenoxy) is 1. The van der Waals surface area contributed by atoms with Gasteiger partial charge in [-0.2, -0.15) is 0 Å². The molecule has 0 radical (unpaired) electrons. The van der Waals surface area contributed by atoms with Crippen LogP contribution in [0.2, 0.25) is 0 Å². The molecule has 0 saturated heterocycles. The van der Waals surface area contributed by atoms with Crippen molar-refractivity contribution in [1.82, 2.24) is 4.90 Å². The van der Waals surface area contributed by atoms with E-state index in [2.05, 4.69) is 0 Å². The summed E-state index contributed by atoms with van der Waals surface area (Å²) in [4.78, 5) is 14.1. The van der Waals surface area contributed by atoms with E-state index in [1.165, 1.54) is 4.90 Å². The molecule has 0 aliphatic carbocycles. The topological polar surface area (TPSA) is 75.8 Å². The Bertz CT molecular complexity index is 699. The van der Waals surface area contributed by atoms with Crippen molar-refractivity contribution in [3.63, 3.8) is 0 Å². The Morgan fingerprint density at radius 2 is 1.56 bits per heavy atom. The Kier molecular flexibility index (Phi) is 7.39. The first-order chi connectivity index (χ1) is 12.8. The average Bonchev–Trinajstić information content (AvgIpc) is 2.64. The minimum Gasteiger partial charge on any atom is -0.444 e. The first-order valence-corrected chi connectivity index (χ1v) is 9.27. The summed E-state index contributed by atoms with van der Waals surface area (Å²) in [6.07, 6.45) is -1.11. The number of amides is 1. The second kappa shape index (κ2) is 9.53. The van der Waals surface area contributed by atoms with Crippen molar-refractivity contribution >= 4 is 6.09 Å². The predicted octanol–water partition coefficient (Wildman–Crippen LogP) is 3.70. The molecule has 2 rings (SSSR count). The summed E-state index contributed by atoms with van der Waals surface area (Å²) in [5.41, 5.74) is 7.68. The van der Waals surface area contributed by atoms with Crippen LogP contribution in [0.5, 0.6) is 0 Å². The van der Waals surface area contributed by atoms with Gasteiger partial charge in [0.05, 0.1) is 12.6 Å². The number of aliphatic hydroxyl groups excluding tert-OH is 1. The number of hydrogen-bond donors (Lipinski definition) is 2. The van der Waals surface area contributed by atoms with E-state index in [1.54, 1.807) is 0 Å². The molecule has 2 aromatic carbocycles. The largest absolute Gasteiger partial charge is 0.444 e. The molecule has 0 bridgehead atoms. The van der Waals surface area contributed by atoms with Gasteiger partial charge in [-0.3, -0.25) is 4.90 Å². The fourth-order valence-electron chi connectivity index (χ4n) is 2.73. The number of aryl methyl sites for hydroxylation is 1. The second-order valence-electron chi connectivity index (χ2n) is 7.68. The molecule has 0 spiro atoms. The minimum atomic E-state index is -0.860. The number of carbonyl (C=O) groups excluding carboxylic acids is 1. The van der Waals surface area contributed by atoms with E-state index < -0.39 is 24.0 Å².